The van der Waals surface area contributed by atoms with Crippen molar-refractivity contribution in [2.45, 2.75) is 12.8 Å². The number of aromatic nitrogens is 2. The Labute approximate surface area is 137 Å². The Morgan fingerprint density at radius 3 is 2.88 bits per heavy atom. The molecular weight excluding hydrogens is 317 g/mol. The highest BCUT2D eigenvalue weighted by Crippen LogP contribution is 2.24. The number of benzene rings is 1. The topological polar surface area (TPSA) is 104 Å². The van der Waals surface area contributed by atoms with Gasteiger partial charge in [0.05, 0.1) is 23.3 Å². The number of imidazole rings is 1. The number of fused-ring (bicyclic) bond motifs is 1. The van der Waals surface area contributed by atoms with Gasteiger partial charge >= 0.3 is 5.97 Å². The number of nitrogens with zero attached hydrogens (tertiary/aromatic N) is 1. The number of ether oxygens (including phenoxy) is 1. The van der Waals surface area contributed by atoms with E-state index in [-0.39, 0.29) is 18.0 Å². The van der Waals surface area contributed by atoms with Gasteiger partial charge in [-0.05, 0) is 30.9 Å². The smallest absolute Gasteiger partial charge is 0.308 e. The second-order valence-corrected chi connectivity index (χ2v) is 5.86. The summed E-state index contributed by atoms with van der Waals surface area (Å²) in [6.07, 6.45) is 2.68. The Morgan fingerprint density at radius 2 is 2.17 bits per heavy atom. The van der Waals surface area contributed by atoms with Gasteiger partial charge in [0.25, 0.3) is 5.91 Å². The quantitative estimate of drug-likeness (QED) is 0.769. The third-order valence-corrected chi connectivity index (χ3v) is 4.37. The number of nitrogens with one attached hydrogen (secondary N) is 2. The van der Waals surface area contributed by atoms with E-state index in [1.807, 2.05) is 0 Å². The fourth-order valence-corrected chi connectivity index (χ4v) is 3.06. The Hall–Kier alpha value is -2.48. The normalized spacial score (nSPS) is 16.9. The number of H-pyrrole nitrogens is 1. The maximum atomic E-state index is 13.6. The first-order chi connectivity index (χ1) is 11.6. The van der Waals surface area contributed by atoms with Crippen molar-refractivity contribution in [2.24, 2.45) is 11.8 Å². The van der Waals surface area contributed by atoms with E-state index in [0.717, 1.165) is 6.07 Å². The van der Waals surface area contributed by atoms with Gasteiger partial charge < -0.3 is 20.1 Å². The van der Waals surface area contributed by atoms with E-state index in [9.17, 15) is 19.1 Å². The molecule has 1 saturated heterocycles. The lowest BCUT2D eigenvalue weighted by atomic mass is 9.86. The number of carbonyl (C=O) groups excluding carboxylic acids is 1. The number of rotatable bonds is 5. The van der Waals surface area contributed by atoms with Crippen molar-refractivity contribution in [3.8, 4) is 0 Å². The van der Waals surface area contributed by atoms with Gasteiger partial charge in [-0.1, -0.05) is 0 Å². The molecule has 1 aromatic heterocycles. The highest BCUT2D eigenvalue weighted by atomic mass is 19.1. The first-order valence-electron chi connectivity index (χ1n) is 7.77. The first kappa shape index (κ1) is 16.4. The zero-order chi connectivity index (χ0) is 17.1. The SMILES string of the molecule is O=C(NCC(C(=O)O)C1CCOCC1)c1cc(F)cc2[nH]cnc12. The molecular formula is C16H18FN3O4. The zero-order valence-electron chi connectivity index (χ0n) is 12.9. The van der Waals surface area contributed by atoms with Gasteiger partial charge in [0.15, 0.2) is 0 Å². The standard InChI is InChI=1S/C16H18FN3O4/c17-10-5-11(14-13(6-10)19-8-20-14)15(21)18-7-12(16(22)23)9-1-3-24-4-2-9/h5-6,8-9,12H,1-4,7H2,(H,18,21)(H,19,20)(H,22,23). The summed E-state index contributed by atoms with van der Waals surface area (Å²) in [4.78, 5) is 30.6. The van der Waals surface area contributed by atoms with E-state index < -0.39 is 23.6 Å². The second-order valence-electron chi connectivity index (χ2n) is 5.86. The van der Waals surface area contributed by atoms with Crippen molar-refractivity contribution in [3.05, 3.63) is 29.8 Å². The lowest BCUT2D eigenvalue weighted by Gasteiger charge is -2.27. The number of carboxylic acids is 1. The summed E-state index contributed by atoms with van der Waals surface area (Å²) in [5.41, 5.74) is 0.855. The van der Waals surface area contributed by atoms with Crippen molar-refractivity contribution < 1.29 is 23.8 Å². The van der Waals surface area contributed by atoms with Crippen LogP contribution in [-0.2, 0) is 9.53 Å². The maximum absolute atomic E-state index is 13.6. The molecule has 0 aliphatic carbocycles. The molecule has 24 heavy (non-hydrogen) atoms. The van der Waals surface area contributed by atoms with E-state index >= 15 is 0 Å². The predicted molar refractivity (Wildman–Crippen MR) is 83.1 cm³/mol. The van der Waals surface area contributed by atoms with Gasteiger partial charge in [-0.15, -0.1) is 0 Å². The fraction of sp³-hybridized carbons (Fsp3) is 0.438. The number of aromatic amines is 1. The van der Waals surface area contributed by atoms with Crippen LogP contribution in [0.1, 0.15) is 23.2 Å². The summed E-state index contributed by atoms with van der Waals surface area (Å²) >= 11 is 0. The number of amides is 1. The third kappa shape index (κ3) is 3.38. The van der Waals surface area contributed by atoms with Gasteiger partial charge in [0.1, 0.15) is 11.3 Å². The summed E-state index contributed by atoms with van der Waals surface area (Å²) in [5, 5.41) is 12.0. The molecule has 2 aromatic rings. The van der Waals surface area contributed by atoms with Crippen LogP contribution in [0.15, 0.2) is 18.5 Å². The van der Waals surface area contributed by atoms with Crippen molar-refractivity contribution in [2.75, 3.05) is 19.8 Å². The van der Waals surface area contributed by atoms with Crippen molar-refractivity contribution in [1.29, 1.82) is 0 Å². The maximum Gasteiger partial charge on any atom is 0.308 e. The van der Waals surface area contributed by atoms with E-state index in [0.29, 0.717) is 37.1 Å². The molecule has 0 radical (unpaired) electrons. The Morgan fingerprint density at radius 1 is 1.42 bits per heavy atom. The van der Waals surface area contributed by atoms with Crippen LogP contribution in [0.3, 0.4) is 0 Å². The highest BCUT2D eigenvalue weighted by molar-refractivity contribution is 6.04. The summed E-state index contributed by atoms with van der Waals surface area (Å²) < 4.78 is 18.9. The molecule has 128 valence electrons. The molecule has 0 bridgehead atoms. The van der Waals surface area contributed by atoms with Gasteiger partial charge in [0, 0.05) is 19.8 Å². The molecule has 1 unspecified atom stereocenters. The van der Waals surface area contributed by atoms with Crippen LogP contribution >= 0.6 is 0 Å². The largest absolute Gasteiger partial charge is 0.481 e. The molecule has 1 aromatic carbocycles. The summed E-state index contributed by atoms with van der Waals surface area (Å²) in [6.45, 7) is 1.04. The van der Waals surface area contributed by atoms with Crippen LogP contribution in [0.2, 0.25) is 0 Å². The summed E-state index contributed by atoms with van der Waals surface area (Å²) in [6, 6.07) is 2.35. The van der Waals surface area contributed by atoms with Crippen LogP contribution in [0.5, 0.6) is 0 Å². The van der Waals surface area contributed by atoms with Gasteiger partial charge in [-0.25, -0.2) is 9.37 Å². The lowest BCUT2D eigenvalue weighted by molar-refractivity contribution is -0.144. The predicted octanol–water partition coefficient (Wildman–Crippen LogP) is 1.56. The van der Waals surface area contributed by atoms with Crippen molar-refractivity contribution in [3.63, 3.8) is 0 Å². The number of hydrogen-bond donors (Lipinski definition) is 3. The minimum absolute atomic E-state index is 0.0126. The zero-order valence-corrected chi connectivity index (χ0v) is 12.9. The van der Waals surface area contributed by atoms with Crippen LogP contribution in [0.25, 0.3) is 11.0 Å². The van der Waals surface area contributed by atoms with Gasteiger partial charge in [-0.3, -0.25) is 9.59 Å². The average Bonchev–Trinajstić information content (AvgIpc) is 3.03. The fourth-order valence-electron chi connectivity index (χ4n) is 3.06. The van der Waals surface area contributed by atoms with Crippen LogP contribution in [0.4, 0.5) is 4.39 Å². The molecule has 1 aliphatic rings. The Bertz CT molecular complexity index is 755. The molecule has 1 aliphatic heterocycles. The van der Waals surface area contributed by atoms with E-state index in [1.165, 1.54) is 12.4 Å². The molecule has 0 spiro atoms. The Kier molecular flexibility index (Phi) is 4.75. The first-order valence-corrected chi connectivity index (χ1v) is 7.77. The van der Waals surface area contributed by atoms with Gasteiger partial charge in [0.2, 0.25) is 0 Å². The molecule has 1 amide bonds. The molecule has 3 N–H and O–H groups in total. The summed E-state index contributed by atoms with van der Waals surface area (Å²) in [7, 11) is 0. The monoisotopic (exact) mass is 335 g/mol. The summed E-state index contributed by atoms with van der Waals surface area (Å²) in [5.74, 6) is -2.79. The van der Waals surface area contributed by atoms with Gasteiger partial charge in [-0.2, -0.15) is 0 Å². The van der Waals surface area contributed by atoms with Crippen molar-refractivity contribution in [1.82, 2.24) is 15.3 Å². The van der Waals surface area contributed by atoms with Crippen LogP contribution in [-0.4, -0.2) is 46.7 Å². The molecule has 8 heteroatoms. The molecule has 1 atom stereocenters. The number of hydrogen-bond acceptors (Lipinski definition) is 4. The molecule has 0 saturated carbocycles. The van der Waals surface area contributed by atoms with Crippen molar-refractivity contribution >= 4 is 22.9 Å². The highest BCUT2D eigenvalue weighted by Gasteiger charge is 2.30. The number of halogens is 1. The molecule has 7 nitrogen and oxygen atoms in total. The average molecular weight is 335 g/mol. The van der Waals surface area contributed by atoms with E-state index in [1.54, 1.807) is 0 Å². The third-order valence-electron chi connectivity index (χ3n) is 4.37. The number of aliphatic carboxylic acids is 1. The second kappa shape index (κ2) is 6.96. The minimum atomic E-state index is -0.952. The van der Waals surface area contributed by atoms with E-state index in [2.05, 4.69) is 15.3 Å². The lowest BCUT2D eigenvalue weighted by Crippen LogP contribution is -2.39. The van der Waals surface area contributed by atoms with Crippen LogP contribution < -0.4 is 5.32 Å². The molecule has 3 rings (SSSR count). The molecule has 1 fully saturated rings. The number of carbonyl (C=O) groups is 2. The minimum Gasteiger partial charge on any atom is -0.481 e. The molecule has 2 heterocycles. The Balaban J connectivity index is 1.73. The van der Waals surface area contributed by atoms with E-state index in [4.69, 9.17) is 4.74 Å². The number of carboxylic acid groups (broad SMARTS) is 1. The van der Waals surface area contributed by atoms with Crippen LogP contribution in [0, 0.1) is 17.7 Å².